The van der Waals surface area contributed by atoms with Crippen LogP contribution in [0.1, 0.15) is 26.7 Å². The molecule has 0 saturated carbocycles. The van der Waals surface area contributed by atoms with E-state index >= 15 is 0 Å². The normalized spacial score (nSPS) is 19.0. The van der Waals surface area contributed by atoms with Gasteiger partial charge in [0, 0.05) is 24.9 Å². The highest BCUT2D eigenvalue weighted by molar-refractivity contribution is 7.98. The Balaban J connectivity index is 2.28. The fourth-order valence-electron chi connectivity index (χ4n) is 2.16. The van der Waals surface area contributed by atoms with Crippen LogP contribution in [0.25, 0.3) is 0 Å². The average Bonchev–Trinajstić information content (AvgIpc) is 2.25. The Morgan fingerprint density at radius 2 is 2.00 bits per heavy atom. The van der Waals surface area contributed by atoms with Gasteiger partial charge in [0.15, 0.2) is 0 Å². The lowest BCUT2D eigenvalue weighted by Crippen LogP contribution is -2.40. The first-order chi connectivity index (χ1) is 7.24. The number of nitrogens with one attached hydrogen (secondary N) is 1. The largest absolute Gasteiger partial charge is 0.317 e. The molecule has 0 aromatic carbocycles. The minimum atomic E-state index is 0.701. The van der Waals surface area contributed by atoms with Crippen LogP contribution in [0.15, 0.2) is 0 Å². The molecule has 90 valence electrons. The second kappa shape index (κ2) is 7.53. The standard InChI is InChI=1S/C12H26N2S/c1-11(2)14(8-9-15-3)10-12-4-6-13-7-5-12/h11-13H,4-10H2,1-3H3. The van der Waals surface area contributed by atoms with Crippen molar-refractivity contribution in [2.45, 2.75) is 32.7 Å². The third-order valence-corrected chi connectivity index (χ3v) is 3.86. The van der Waals surface area contributed by atoms with Crippen molar-refractivity contribution in [1.29, 1.82) is 0 Å². The van der Waals surface area contributed by atoms with Gasteiger partial charge in [0.05, 0.1) is 0 Å². The van der Waals surface area contributed by atoms with Gasteiger partial charge in [0.25, 0.3) is 0 Å². The molecule has 1 N–H and O–H groups in total. The molecule has 1 rings (SSSR count). The highest BCUT2D eigenvalue weighted by atomic mass is 32.2. The van der Waals surface area contributed by atoms with Crippen LogP contribution in [-0.4, -0.2) is 49.1 Å². The Morgan fingerprint density at radius 3 is 2.53 bits per heavy atom. The molecule has 0 unspecified atom stereocenters. The van der Waals surface area contributed by atoms with Gasteiger partial charge in [-0.3, -0.25) is 4.90 Å². The molecule has 0 spiro atoms. The predicted octanol–water partition coefficient (Wildman–Crippen LogP) is 2.06. The van der Waals surface area contributed by atoms with Crippen LogP contribution < -0.4 is 5.32 Å². The summed E-state index contributed by atoms with van der Waals surface area (Å²) in [4.78, 5) is 2.65. The smallest absolute Gasteiger partial charge is 0.00751 e. The molecule has 15 heavy (non-hydrogen) atoms. The monoisotopic (exact) mass is 230 g/mol. The Morgan fingerprint density at radius 1 is 1.33 bits per heavy atom. The maximum absolute atomic E-state index is 3.44. The lowest BCUT2D eigenvalue weighted by molar-refractivity contribution is 0.179. The minimum absolute atomic E-state index is 0.701. The zero-order chi connectivity index (χ0) is 11.1. The van der Waals surface area contributed by atoms with Gasteiger partial charge in [-0.15, -0.1) is 0 Å². The van der Waals surface area contributed by atoms with E-state index < -0.39 is 0 Å². The third-order valence-electron chi connectivity index (χ3n) is 3.26. The van der Waals surface area contributed by atoms with Crippen LogP contribution in [0.4, 0.5) is 0 Å². The van der Waals surface area contributed by atoms with E-state index in [0.717, 1.165) is 5.92 Å². The van der Waals surface area contributed by atoms with Crippen molar-refractivity contribution in [3.8, 4) is 0 Å². The van der Waals surface area contributed by atoms with Crippen LogP contribution in [0.2, 0.25) is 0 Å². The number of nitrogens with zero attached hydrogens (tertiary/aromatic N) is 1. The fraction of sp³-hybridized carbons (Fsp3) is 1.00. The van der Waals surface area contributed by atoms with Gasteiger partial charge in [-0.2, -0.15) is 11.8 Å². The number of piperidine rings is 1. The fourth-order valence-corrected chi connectivity index (χ4v) is 2.58. The molecule has 1 aliphatic heterocycles. The molecule has 0 aromatic heterocycles. The molecule has 0 aliphatic carbocycles. The molecule has 0 bridgehead atoms. The molecule has 1 fully saturated rings. The van der Waals surface area contributed by atoms with Crippen molar-refractivity contribution < 1.29 is 0 Å². The summed E-state index contributed by atoms with van der Waals surface area (Å²) >= 11 is 1.96. The highest BCUT2D eigenvalue weighted by Crippen LogP contribution is 2.15. The molecule has 1 heterocycles. The summed E-state index contributed by atoms with van der Waals surface area (Å²) in [6.07, 6.45) is 4.92. The molecule has 0 atom stereocenters. The number of hydrogen-bond donors (Lipinski definition) is 1. The summed E-state index contributed by atoms with van der Waals surface area (Å²) in [6, 6.07) is 0.701. The zero-order valence-electron chi connectivity index (χ0n) is 10.5. The summed E-state index contributed by atoms with van der Waals surface area (Å²) in [5, 5.41) is 3.44. The minimum Gasteiger partial charge on any atom is -0.317 e. The molecular weight excluding hydrogens is 204 g/mol. The van der Waals surface area contributed by atoms with Gasteiger partial charge in [0.1, 0.15) is 0 Å². The van der Waals surface area contributed by atoms with Gasteiger partial charge in [0.2, 0.25) is 0 Å². The second-order valence-electron chi connectivity index (χ2n) is 4.77. The molecule has 1 aliphatic rings. The Hall–Kier alpha value is 0.270. The molecule has 2 nitrogen and oxygen atoms in total. The van der Waals surface area contributed by atoms with Crippen molar-refractivity contribution in [3.63, 3.8) is 0 Å². The highest BCUT2D eigenvalue weighted by Gasteiger charge is 2.18. The zero-order valence-corrected chi connectivity index (χ0v) is 11.3. The second-order valence-corrected chi connectivity index (χ2v) is 5.76. The molecule has 0 aromatic rings. The van der Waals surface area contributed by atoms with Crippen LogP contribution >= 0.6 is 11.8 Å². The topological polar surface area (TPSA) is 15.3 Å². The van der Waals surface area contributed by atoms with Crippen LogP contribution in [-0.2, 0) is 0 Å². The van der Waals surface area contributed by atoms with E-state index in [4.69, 9.17) is 0 Å². The first-order valence-corrected chi connectivity index (χ1v) is 7.57. The lowest BCUT2D eigenvalue weighted by atomic mass is 9.97. The van der Waals surface area contributed by atoms with Crippen LogP contribution in [0.5, 0.6) is 0 Å². The summed E-state index contributed by atoms with van der Waals surface area (Å²) in [6.45, 7) is 9.64. The van der Waals surface area contributed by atoms with E-state index in [1.807, 2.05) is 11.8 Å². The number of thioether (sulfide) groups is 1. The van der Waals surface area contributed by atoms with Crippen LogP contribution in [0.3, 0.4) is 0 Å². The predicted molar refractivity (Wildman–Crippen MR) is 70.7 cm³/mol. The summed E-state index contributed by atoms with van der Waals surface area (Å²) < 4.78 is 0. The molecule has 0 radical (unpaired) electrons. The number of hydrogen-bond acceptors (Lipinski definition) is 3. The molecule has 0 amide bonds. The van der Waals surface area contributed by atoms with Crippen molar-refractivity contribution in [3.05, 3.63) is 0 Å². The van der Waals surface area contributed by atoms with E-state index in [2.05, 4.69) is 30.3 Å². The Kier molecular flexibility index (Phi) is 6.69. The maximum Gasteiger partial charge on any atom is 0.00751 e. The van der Waals surface area contributed by atoms with E-state index in [0.29, 0.717) is 6.04 Å². The van der Waals surface area contributed by atoms with Gasteiger partial charge in [-0.1, -0.05) is 0 Å². The van der Waals surface area contributed by atoms with Crippen LogP contribution in [0, 0.1) is 5.92 Å². The summed E-state index contributed by atoms with van der Waals surface area (Å²) in [5.41, 5.74) is 0. The van der Waals surface area contributed by atoms with Crippen molar-refractivity contribution >= 4 is 11.8 Å². The SMILES string of the molecule is CSCCN(CC1CCNCC1)C(C)C. The first kappa shape index (κ1) is 13.3. The van der Waals surface area contributed by atoms with Gasteiger partial charge in [-0.25, -0.2) is 0 Å². The summed E-state index contributed by atoms with van der Waals surface area (Å²) in [7, 11) is 0. The lowest BCUT2D eigenvalue weighted by Gasteiger charge is -2.32. The Bertz CT molecular complexity index is 156. The van der Waals surface area contributed by atoms with Gasteiger partial charge >= 0.3 is 0 Å². The first-order valence-electron chi connectivity index (χ1n) is 6.17. The van der Waals surface area contributed by atoms with E-state index in [-0.39, 0.29) is 0 Å². The molecular formula is C12H26N2S. The molecule has 3 heteroatoms. The van der Waals surface area contributed by atoms with E-state index in [1.54, 1.807) is 0 Å². The van der Waals surface area contributed by atoms with Crippen molar-refractivity contribution in [1.82, 2.24) is 10.2 Å². The van der Waals surface area contributed by atoms with Gasteiger partial charge in [-0.05, 0) is 52.0 Å². The van der Waals surface area contributed by atoms with E-state index in [1.165, 1.54) is 44.8 Å². The number of rotatable bonds is 6. The quantitative estimate of drug-likeness (QED) is 0.752. The van der Waals surface area contributed by atoms with Crippen molar-refractivity contribution in [2.24, 2.45) is 5.92 Å². The third kappa shape index (κ3) is 5.23. The van der Waals surface area contributed by atoms with Crippen molar-refractivity contribution in [2.75, 3.05) is 38.2 Å². The maximum atomic E-state index is 3.44. The Labute approximate surface area is 99.2 Å². The molecule has 1 saturated heterocycles. The van der Waals surface area contributed by atoms with E-state index in [9.17, 15) is 0 Å². The average molecular weight is 230 g/mol. The summed E-state index contributed by atoms with van der Waals surface area (Å²) in [5.74, 6) is 2.19. The van der Waals surface area contributed by atoms with Gasteiger partial charge < -0.3 is 5.32 Å².